The third-order valence-corrected chi connectivity index (χ3v) is 13.0. The predicted molar refractivity (Wildman–Crippen MR) is 317 cm³/mol. The Hall–Kier alpha value is -8.52. The van der Waals surface area contributed by atoms with Crippen molar-refractivity contribution in [2.45, 2.75) is 104 Å². The van der Waals surface area contributed by atoms with Crippen LogP contribution in [-0.2, 0) is 41.5 Å². The summed E-state index contributed by atoms with van der Waals surface area (Å²) >= 11 is 0. The Morgan fingerprint density at radius 3 is 1.00 bits per heavy atom. The van der Waals surface area contributed by atoms with E-state index in [0.717, 1.165) is 48.3 Å². The van der Waals surface area contributed by atoms with E-state index in [2.05, 4.69) is 13.8 Å². The van der Waals surface area contributed by atoms with E-state index >= 15 is 0 Å². The molecular formula is C67H78N2O12. The Labute approximate surface area is 477 Å². The van der Waals surface area contributed by atoms with Crippen LogP contribution in [0, 0.1) is 5.41 Å². The molecule has 0 amide bonds. The lowest BCUT2D eigenvalue weighted by Gasteiger charge is -2.30. The van der Waals surface area contributed by atoms with Crippen LogP contribution < -0.4 is 39.9 Å². The van der Waals surface area contributed by atoms with Crippen LogP contribution in [0.2, 0.25) is 0 Å². The summed E-state index contributed by atoms with van der Waals surface area (Å²) in [6, 6.07) is 42.6. The first kappa shape index (κ1) is 61.7. The van der Waals surface area contributed by atoms with Gasteiger partial charge in [0.05, 0.1) is 39.6 Å². The van der Waals surface area contributed by atoms with Crippen LogP contribution in [0.5, 0.6) is 34.5 Å². The minimum atomic E-state index is -1.74. The molecule has 14 nitrogen and oxygen atoms in total. The fraction of sp³-hybridized carbons (Fsp3) is 0.343. The van der Waals surface area contributed by atoms with Gasteiger partial charge in [0.15, 0.2) is 5.41 Å². The number of nitrogens with two attached hydrogens (primary N) is 2. The molecule has 0 saturated heterocycles. The number of rotatable bonds is 36. The summed E-state index contributed by atoms with van der Waals surface area (Å²) in [6.07, 6.45) is 17.2. The van der Waals surface area contributed by atoms with Crippen molar-refractivity contribution < 1.29 is 57.1 Å². The maximum absolute atomic E-state index is 14.4. The molecule has 0 unspecified atom stereocenters. The molecule has 0 spiro atoms. The van der Waals surface area contributed by atoms with E-state index in [1.807, 2.05) is 48.5 Å². The van der Waals surface area contributed by atoms with E-state index < -0.39 is 29.3 Å². The van der Waals surface area contributed by atoms with Gasteiger partial charge in [-0.25, -0.2) is 9.59 Å². The smallest absolute Gasteiger partial charge is 0.336 e. The highest BCUT2D eigenvalue weighted by Gasteiger charge is 2.49. The summed E-state index contributed by atoms with van der Waals surface area (Å²) in [7, 11) is 0. The summed E-state index contributed by atoms with van der Waals surface area (Å²) in [5.41, 5.74) is 14.4. The molecule has 14 heteroatoms. The van der Waals surface area contributed by atoms with Crippen molar-refractivity contribution >= 4 is 47.4 Å². The maximum Gasteiger partial charge on any atom is 0.336 e. The Kier molecular flexibility index (Phi) is 26.3. The quantitative estimate of drug-likeness (QED) is 0.00942. The number of nitrogen functional groups attached to an aromatic ring is 2. The van der Waals surface area contributed by atoms with Crippen molar-refractivity contribution in [3.05, 3.63) is 180 Å². The van der Waals surface area contributed by atoms with Gasteiger partial charge in [-0.15, -0.1) is 0 Å². The van der Waals surface area contributed by atoms with E-state index in [1.165, 1.54) is 37.8 Å². The zero-order chi connectivity index (χ0) is 57.3. The van der Waals surface area contributed by atoms with E-state index in [9.17, 15) is 19.2 Å². The summed E-state index contributed by atoms with van der Waals surface area (Å²) < 4.78 is 46.2. The molecule has 0 aliphatic heterocycles. The highest BCUT2D eigenvalue weighted by molar-refractivity contribution is 6.01. The van der Waals surface area contributed by atoms with Gasteiger partial charge in [-0.2, -0.15) is 0 Å². The Bertz CT molecular complexity index is 2670. The average Bonchev–Trinajstić information content (AvgIpc) is 3.52. The molecule has 0 fully saturated rings. The minimum absolute atomic E-state index is 0.00619. The molecule has 0 saturated carbocycles. The third-order valence-electron chi connectivity index (χ3n) is 13.0. The highest BCUT2D eigenvalue weighted by atomic mass is 16.6. The topological polar surface area (TPSA) is 194 Å². The van der Waals surface area contributed by atoms with E-state index in [-0.39, 0.29) is 26.1 Å². The Morgan fingerprint density at radius 2 is 0.667 bits per heavy atom. The number of hydrogen-bond donors (Lipinski definition) is 2. The van der Waals surface area contributed by atoms with Gasteiger partial charge < -0.3 is 49.4 Å². The molecule has 0 aromatic heterocycles. The summed E-state index contributed by atoms with van der Waals surface area (Å²) in [6.45, 7) is 6.45. The number of hydrogen-bond acceptors (Lipinski definition) is 14. The second-order valence-electron chi connectivity index (χ2n) is 19.7. The van der Waals surface area contributed by atoms with Crippen LogP contribution in [-0.4, -0.2) is 63.5 Å². The zero-order valence-corrected chi connectivity index (χ0v) is 46.9. The van der Waals surface area contributed by atoms with Gasteiger partial charge in [0.25, 0.3) is 0 Å². The second-order valence-corrected chi connectivity index (χ2v) is 19.7. The van der Waals surface area contributed by atoms with Crippen molar-refractivity contribution in [1.82, 2.24) is 0 Å². The molecule has 4 N–H and O–H groups in total. The molecule has 0 heterocycles. The molecule has 6 rings (SSSR count). The van der Waals surface area contributed by atoms with Crippen LogP contribution >= 0.6 is 0 Å². The fourth-order valence-corrected chi connectivity index (χ4v) is 8.42. The number of ether oxygens (including phenoxy) is 8. The number of anilines is 2. The SMILES string of the molecule is CCCCCCOc1ccc(OC(=O)/C=C/c2ccc(OCCCCOC(=O)C(Cc3ccc(N)cc3)(Cc3ccc(N)cc3)C(=O)OCCCCOc3ccc(/C=C/C(=O)Oc4ccc(OCCCCCC)cc4)cc3)cc2)cc1. The molecule has 6 aromatic rings. The fourth-order valence-electron chi connectivity index (χ4n) is 8.42. The molecule has 0 atom stereocenters. The van der Waals surface area contributed by atoms with E-state index in [4.69, 9.17) is 49.4 Å². The largest absolute Gasteiger partial charge is 0.494 e. The van der Waals surface area contributed by atoms with Gasteiger partial charge in [-0.1, -0.05) is 101 Å². The minimum Gasteiger partial charge on any atom is -0.494 e. The van der Waals surface area contributed by atoms with Crippen LogP contribution in [0.3, 0.4) is 0 Å². The molecule has 0 aliphatic carbocycles. The molecule has 428 valence electrons. The monoisotopic (exact) mass is 1100 g/mol. The first-order chi connectivity index (χ1) is 39.5. The zero-order valence-electron chi connectivity index (χ0n) is 46.9. The van der Waals surface area contributed by atoms with Crippen molar-refractivity contribution in [3.8, 4) is 34.5 Å². The average molecular weight is 1100 g/mol. The lowest BCUT2D eigenvalue weighted by Crippen LogP contribution is -2.46. The number of carbonyl (C=O) groups is 4. The van der Waals surface area contributed by atoms with Crippen molar-refractivity contribution in [1.29, 1.82) is 0 Å². The van der Waals surface area contributed by atoms with Crippen LogP contribution in [0.4, 0.5) is 11.4 Å². The third kappa shape index (κ3) is 22.6. The molecule has 6 aromatic carbocycles. The molecule has 0 radical (unpaired) electrons. The summed E-state index contributed by atoms with van der Waals surface area (Å²) in [5, 5.41) is 0. The van der Waals surface area contributed by atoms with Gasteiger partial charge >= 0.3 is 23.9 Å². The van der Waals surface area contributed by atoms with Crippen molar-refractivity contribution in [2.24, 2.45) is 5.41 Å². The number of benzene rings is 6. The molecule has 81 heavy (non-hydrogen) atoms. The van der Waals surface area contributed by atoms with Gasteiger partial charge in [-0.05, 0) is 183 Å². The lowest BCUT2D eigenvalue weighted by atomic mass is 9.76. The van der Waals surface area contributed by atoms with Crippen molar-refractivity contribution in [2.75, 3.05) is 51.1 Å². The Balaban J connectivity index is 0.943. The molecule has 0 bridgehead atoms. The maximum atomic E-state index is 14.4. The van der Waals surface area contributed by atoms with Crippen LogP contribution in [0.1, 0.15) is 113 Å². The Morgan fingerprint density at radius 1 is 0.370 bits per heavy atom. The lowest BCUT2D eigenvalue weighted by molar-refractivity contribution is -0.173. The van der Waals surface area contributed by atoms with Gasteiger partial charge in [0, 0.05) is 23.5 Å². The normalized spacial score (nSPS) is 11.3. The highest BCUT2D eigenvalue weighted by Crippen LogP contribution is 2.33. The van der Waals surface area contributed by atoms with Crippen LogP contribution in [0.25, 0.3) is 12.2 Å². The standard InChI is InChI=1S/C67H78N2O12/c1-3-5-7-9-43-74-59-33-37-61(38-34-59)80-63(70)41-23-51-19-29-57(30-20-51)76-45-11-13-47-78-65(72)67(49-53-15-25-55(68)26-16-53,50-54-17-27-56(69)28-18-54)66(73)79-48-14-12-46-77-58-31-21-52(22-32-58)24-42-64(71)81-62-39-35-60(36-40-62)75-44-10-8-6-4-2/h15-42H,3-14,43-50,68-69H2,1-2H3/b41-23+,42-24+. The summed E-state index contributed by atoms with van der Waals surface area (Å²) in [4.78, 5) is 53.9. The first-order valence-corrected chi connectivity index (χ1v) is 28.2. The van der Waals surface area contributed by atoms with Gasteiger partial charge in [0.1, 0.15) is 34.5 Å². The van der Waals surface area contributed by atoms with E-state index in [1.54, 1.807) is 109 Å². The van der Waals surface area contributed by atoms with Gasteiger partial charge in [0.2, 0.25) is 0 Å². The first-order valence-electron chi connectivity index (χ1n) is 28.2. The van der Waals surface area contributed by atoms with Crippen molar-refractivity contribution in [3.63, 3.8) is 0 Å². The number of unbranched alkanes of at least 4 members (excludes halogenated alkanes) is 8. The van der Waals surface area contributed by atoms with Gasteiger partial charge in [-0.3, -0.25) is 9.59 Å². The predicted octanol–water partition coefficient (Wildman–Crippen LogP) is 13.6. The molecular weight excluding hydrogens is 1020 g/mol. The number of esters is 4. The second kappa shape index (κ2) is 34.5. The number of carbonyl (C=O) groups excluding carboxylic acids is 4. The summed E-state index contributed by atoms with van der Waals surface area (Å²) in [5.74, 6) is 1.20. The van der Waals surface area contributed by atoms with Crippen LogP contribution in [0.15, 0.2) is 158 Å². The molecule has 0 aliphatic rings. The van der Waals surface area contributed by atoms with E-state index in [0.29, 0.717) is 97.6 Å².